The van der Waals surface area contributed by atoms with Crippen LogP contribution in [-0.2, 0) is 11.2 Å². The highest BCUT2D eigenvalue weighted by molar-refractivity contribution is 7.14. The van der Waals surface area contributed by atoms with Gasteiger partial charge in [0.05, 0.1) is 23.2 Å². The molecule has 0 N–H and O–H groups in total. The van der Waals surface area contributed by atoms with Crippen molar-refractivity contribution < 1.29 is 4.74 Å². The minimum absolute atomic E-state index is 0.398. The van der Waals surface area contributed by atoms with E-state index in [0.717, 1.165) is 25.3 Å². The number of hydrazone groups is 1. The predicted molar refractivity (Wildman–Crippen MR) is 106 cm³/mol. The largest absolute Gasteiger partial charge is 0.382 e. The third kappa shape index (κ3) is 4.65. The second-order valence-electron chi connectivity index (χ2n) is 6.86. The number of aryl methyl sites for hydroxylation is 1. The second kappa shape index (κ2) is 9.18. The minimum Gasteiger partial charge on any atom is -0.382 e. The highest BCUT2D eigenvalue weighted by Gasteiger charge is 2.33. The van der Waals surface area contributed by atoms with E-state index in [1.165, 1.54) is 47.3 Å². The van der Waals surface area contributed by atoms with Gasteiger partial charge in [0, 0.05) is 24.4 Å². The van der Waals surface area contributed by atoms with Gasteiger partial charge in [0.1, 0.15) is 0 Å². The Bertz CT molecular complexity index is 568. The molecule has 1 aliphatic heterocycles. The fourth-order valence-corrected chi connectivity index (χ4v) is 4.49. The van der Waals surface area contributed by atoms with Crippen LogP contribution in [0.4, 0.5) is 0 Å². The zero-order valence-corrected chi connectivity index (χ0v) is 16.4. The molecular weight excluding hydrogens is 328 g/mol. The maximum atomic E-state index is 5.40. The van der Waals surface area contributed by atoms with Crippen molar-refractivity contribution in [3.63, 3.8) is 0 Å². The van der Waals surface area contributed by atoms with Crippen molar-refractivity contribution in [3.05, 3.63) is 53.0 Å². The van der Waals surface area contributed by atoms with Gasteiger partial charge in [-0.2, -0.15) is 5.10 Å². The van der Waals surface area contributed by atoms with E-state index in [4.69, 9.17) is 9.84 Å². The first-order valence-corrected chi connectivity index (χ1v) is 10.2. The smallest absolute Gasteiger partial charge is 0.0857 e. The van der Waals surface area contributed by atoms with E-state index in [0.29, 0.717) is 6.04 Å². The molecule has 3 nitrogen and oxygen atoms in total. The van der Waals surface area contributed by atoms with Crippen LogP contribution < -0.4 is 0 Å². The van der Waals surface area contributed by atoms with E-state index in [2.05, 4.69) is 50.3 Å². The lowest BCUT2D eigenvalue weighted by Gasteiger charge is -2.24. The highest BCUT2D eigenvalue weighted by Crippen LogP contribution is 2.38. The van der Waals surface area contributed by atoms with Crippen molar-refractivity contribution >= 4 is 17.0 Å². The molecule has 1 aromatic heterocycles. The molecule has 4 heteroatoms. The molecule has 1 saturated carbocycles. The normalized spacial score (nSPS) is 23.1. The molecule has 2 heterocycles. The van der Waals surface area contributed by atoms with Crippen LogP contribution in [0.15, 0.2) is 17.2 Å². The van der Waals surface area contributed by atoms with Gasteiger partial charge in [-0.3, -0.25) is 5.01 Å². The highest BCUT2D eigenvalue weighted by atomic mass is 32.1. The zero-order chi connectivity index (χ0) is 17.6. The van der Waals surface area contributed by atoms with E-state index in [-0.39, 0.29) is 0 Å². The Balaban J connectivity index is 1.84. The van der Waals surface area contributed by atoms with Gasteiger partial charge in [-0.15, -0.1) is 11.3 Å². The van der Waals surface area contributed by atoms with E-state index in [1.54, 1.807) is 7.11 Å². The predicted octanol–water partition coefficient (Wildman–Crippen LogP) is 4.70. The Morgan fingerprint density at radius 1 is 1.36 bits per heavy atom. The summed E-state index contributed by atoms with van der Waals surface area (Å²) in [5, 5.41) is 7.37. The first-order valence-electron chi connectivity index (χ1n) is 9.39. The molecule has 5 radical (unpaired) electrons. The monoisotopic (exact) mass is 357 g/mol. The second-order valence-corrected chi connectivity index (χ2v) is 8.02. The molecule has 2 fully saturated rings. The molecule has 0 unspecified atom stereocenters. The summed E-state index contributed by atoms with van der Waals surface area (Å²) in [6.07, 6.45) is 12.5. The molecular formula is C21H29N2OS. The van der Waals surface area contributed by atoms with Crippen molar-refractivity contribution in [1.29, 1.82) is 0 Å². The van der Waals surface area contributed by atoms with Crippen molar-refractivity contribution in [2.75, 3.05) is 20.3 Å². The summed E-state index contributed by atoms with van der Waals surface area (Å²) < 4.78 is 5.40. The van der Waals surface area contributed by atoms with Crippen molar-refractivity contribution in [3.8, 4) is 0 Å². The molecule has 135 valence electrons. The average molecular weight is 358 g/mol. The molecule has 1 aliphatic carbocycles. The topological polar surface area (TPSA) is 24.8 Å². The Morgan fingerprint density at radius 2 is 2.24 bits per heavy atom. The van der Waals surface area contributed by atoms with Crippen LogP contribution in [0.2, 0.25) is 0 Å². The summed E-state index contributed by atoms with van der Waals surface area (Å²) in [5.41, 5.74) is 1.12. The molecule has 1 atom stereocenters. The molecule has 0 spiro atoms. The summed E-state index contributed by atoms with van der Waals surface area (Å²) >= 11 is 1.90. The first-order chi connectivity index (χ1) is 12.2. The Labute approximate surface area is 157 Å². The molecule has 1 saturated heterocycles. The van der Waals surface area contributed by atoms with E-state index in [9.17, 15) is 0 Å². The van der Waals surface area contributed by atoms with Gasteiger partial charge >= 0.3 is 0 Å². The molecule has 0 bridgehead atoms. The lowest BCUT2D eigenvalue weighted by atomic mass is 9.92. The number of rotatable bonds is 8. The number of nitrogens with zero attached hydrogens (tertiary/aromatic N) is 2. The van der Waals surface area contributed by atoms with E-state index < -0.39 is 0 Å². The van der Waals surface area contributed by atoms with Gasteiger partial charge in [-0.25, -0.2) is 0 Å². The SMILES string of the molecule is CCCCc1ccc(/C(=N\N2CCC[C@H]2COC)[C]2[CH][CH][CH][C]2C)s1. The minimum atomic E-state index is 0.398. The lowest BCUT2D eigenvalue weighted by molar-refractivity contribution is 0.118. The molecule has 3 rings (SSSR count). The van der Waals surface area contributed by atoms with E-state index >= 15 is 0 Å². The van der Waals surface area contributed by atoms with Crippen LogP contribution in [0.5, 0.6) is 0 Å². The van der Waals surface area contributed by atoms with Crippen molar-refractivity contribution in [2.24, 2.45) is 5.10 Å². The maximum absolute atomic E-state index is 5.40. The molecule has 25 heavy (non-hydrogen) atoms. The number of ether oxygens (including phenoxy) is 1. The quantitative estimate of drug-likeness (QED) is 0.630. The molecule has 2 aliphatic rings. The van der Waals surface area contributed by atoms with Crippen LogP contribution in [0.1, 0.15) is 49.3 Å². The van der Waals surface area contributed by atoms with Crippen molar-refractivity contribution in [1.82, 2.24) is 5.01 Å². The van der Waals surface area contributed by atoms with Crippen LogP contribution >= 0.6 is 11.3 Å². The number of methoxy groups -OCH3 is 1. The first kappa shape index (κ1) is 18.9. The van der Waals surface area contributed by atoms with Gasteiger partial charge in [0.25, 0.3) is 0 Å². The summed E-state index contributed by atoms with van der Waals surface area (Å²) in [6.45, 7) is 6.19. The Hall–Kier alpha value is -0.870. The molecule has 1 aromatic rings. The zero-order valence-electron chi connectivity index (χ0n) is 15.6. The van der Waals surface area contributed by atoms with Gasteiger partial charge < -0.3 is 4.74 Å². The molecule has 0 amide bonds. The summed E-state index contributed by atoms with van der Waals surface area (Å²) in [5.74, 6) is 2.55. The van der Waals surface area contributed by atoms with Gasteiger partial charge in [-0.1, -0.05) is 20.3 Å². The fourth-order valence-electron chi connectivity index (χ4n) is 3.44. The number of thiophene rings is 1. The molecule has 0 aromatic carbocycles. The van der Waals surface area contributed by atoms with Crippen molar-refractivity contribution in [2.45, 2.75) is 52.0 Å². The van der Waals surface area contributed by atoms with Crippen LogP contribution in [0.3, 0.4) is 0 Å². The van der Waals surface area contributed by atoms with Crippen LogP contribution in [0, 0.1) is 31.1 Å². The van der Waals surface area contributed by atoms with E-state index in [1.807, 2.05) is 11.3 Å². The third-order valence-electron chi connectivity index (χ3n) is 4.89. The van der Waals surface area contributed by atoms with Crippen LogP contribution in [0.25, 0.3) is 0 Å². The fraction of sp³-hybridized carbons (Fsp3) is 0.524. The number of hydrogen-bond donors (Lipinski definition) is 0. The average Bonchev–Trinajstić information content (AvgIpc) is 3.33. The van der Waals surface area contributed by atoms with Gasteiger partial charge in [0.2, 0.25) is 0 Å². The van der Waals surface area contributed by atoms with Gasteiger partial charge in [0.15, 0.2) is 0 Å². The summed E-state index contributed by atoms with van der Waals surface area (Å²) in [6, 6.07) is 4.93. The Morgan fingerprint density at radius 3 is 2.96 bits per heavy atom. The Kier molecular flexibility index (Phi) is 6.94. The van der Waals surface area contributed by atoms with Crippen LogP contribution in [-0.4, -0.2) is 37.0 Å². The lowest BCUT2D eigenvalue weighted by Crippen LogP contribution is -2.31. The van der Waals surface area contributed by atoms with Gasteiger partial charge in [-0.05, 0) is 63.0 Å². The number of hydrogen-bond acceptors (Lipinski definition) is 4. The third-order valence-corrected chi connectivity index (χ3v) is 6.05. The summed E-state index contributed by atoms with van der Waals surface area (Å²) in [4.78, 5) is 2.74. The standard InChI is InChI=1S/C21H29N2OS/c1-4-5-10-18-12-13-20(25-18)21(19-11-6-8-16(19)2)22-23-14-7-9-17(23)15-24-3/h6,8,11-13,17H,4-5,7,9-10,14-15H2,1-3H3/b22-21-/t17-/m0/s1. The summed E-state index contributed by atoms with van der Waals surface area (Å²) in [7, 11) is 1.78. The number of unbranched alkanes of at least 4 members (excludes halogenated alkanes) is 1. The maximum Gasteiger partial charge on any atom is 0.0857 e.